The van der Waals surface area contributed by atoms with Crippen LogP contribution in [0.2, 0.25) is 0 Å². The van der Waals surface area contributed by atoms with E-state index in [2.05, 4.69) is 84.7 Å². The third kappa shape index (κ3) is 3.88. The van der Waals surface area contributed by atoms with Crippen LogP contribution in [-0.2, 0) is 13.0 Å². The van der Waals surface area contributed by atoms with Crippen molar-refractivity contribution in [3.05, 3.63) is 71.8 Å². The van der Waals surface area contributed by atoms with Crippen molar-refractivity contribution >= 4 is 0 Å². The van der Waals surface area contributed by atoms with Gasteiger partial charge in [0.15, 0.2) is 0 Å². The maximum Gasteiger partial charge on any atom is 0.0333 e. The maximum absolute atomic E-state index is 3.83. The molecule has 2 aromatic carbocycles. The van der Waals surface area contributed by atoms with Crippen LogP contribution in [0.3, 0.4) is 0 Å². The fourth-order valence-corrected chi connectivity index (χ4v) is 3.99. The molecule has 0 amide bonds. The van der Waals surface area contributed by atoms with E-state index in [1.54, 1.807) is 0 Å². The lowest BCUT2D eigenvalue weighted by Crippen LogP contribution is -2.64. The molecule has 1 aliphatic rings. The summed E-state index contributed by atoms with van der Waals surface area (Å²) < 4.78 is 0. The molecule has 0 aliphatic carbocycles. The normalized spacial score (nSPS) is 20.8. The van der Waals surface area contributed by atoms with E-state index in [-0.39, 0.29) is 5.54 Å². The zero-order valence-electron chi connectivity index (χ0n) is 15.0. The average molecular weight is 322 g/mol. The molecule has 1 atom stereocenters. The Kier molecular flexibility index (Phi) is 5.70. The number of rotatable bonds is 6. The van der Waals surface area contributed by atoms with Crippen LogP contribution in [0.15, 0.2) is 60.7 Å². The molecule has 1 saturated heterocycles. The summed E-state index contributed by atoms with van der Waals surface area (Å²) in [7, 11) is 0. The summed E-state index contributed by atoms with van der Waals surface area (Å²) in [5.74, 6) is 0. The minimum atomic E-state index is 0.281. The van der Waals surface area contributed by atoms with Gasteiger partial charge in [0.1, 0.15) is 0 Å². The van der Waals surface area contributed by atoms with Crippen molar-refractivity contribution < 1.29 is 0 Å². The topological polar surface area (TPSA) is 15.3 Å². The first-order chi connectivity index (χ1) is 11.8. The van der Waals surface area contributed by atoms with Crippen molar-refractivity contribution in [1.82, 2.24) is 10.2 Å². The molecule has 1 unspecified atom stereocenters. The van der Waals surface area contributed by atoms with Gasteiger partial charge < -0.3 is 5.32 Å². The third-order valence-corrected chi connectivity index (χ3v) is 5.69. The summed E-state index contributed by atoms with van der Waals surface area (Å²) in [4.78, 5) is 2.73. The van der Waals surface area contributed by atoms with Crippen molar-refractivity contribution in [3.8, 4) is 0 Å². The molecule has 1 fully saturated rings. The molecule has 0 spiro atoms. The number of hydrogen-bond donors (Lipinski definition) is 1. The average Bonchev–Trinajstić information content (AvgIpc) is 2.64. The van der Waals surface area contributed by atoms with Gasteiger partial charge >= 0.3 is 0 Å². The molecule has 3 rings (SSSR count). The van der Waals surface area contributed by atoms with Gasteiger partial charge in [0, 0.05) is 31.2 Å². The van der Waals surface area contributed by atoms with Gasteiger partial charge in [0.05, 0.1) is 0 Å². The second-order valence-corrected chi connectivity index (χ2v) is 7.07. The highest BCUT2D eigenvalue weighted by molar-refractivity contribution is 5.18. The summed E-state index contributed by atoms with van der Waals surface area (Å²) in [6.07, 6.45) is 3.50. The third-order valence-electron chi connectivity index (χ3n) is 5.69. The Hall–Kier alpha value is -1.64. The Morgan fingerprint density at radius 2 is 1.50 bits per heavy atom. The van der Waals surface area contributed by atoms with Crippen molar-refractivity contribution in [3.63, 3.8) is 0 Å². The molecule has 1 N–H and O–H groups in total. The molecule has 1 aliphatic heterocycles. The maximum atomic E-state index is 3.83. The van der Waals surface area contributed by atoms with E-state index in [1.807, 2.05) is 0 Å². The molecule has 2 nitrogen and oxygen atoms in total. The summed E-state index contributed by atoms with van der Waals surface area (Å²) in [5, 5.41) is 3.83. The highest BCUT2D eigenvalue weighted by atomic mass is 15.3. The Balaban J connectivity index is 1.74. The Morgan fingerprint density at radius 3 is 2.08 bits per heavy atom. The van der Waals surface area contributed by atoms with E-state index in [4.69, 9.17) is 0 Å². The molecule has 128 valence electrons. The fraction of sp³-hybridized carbons (Fsp3) is 0.455. The predicted octanol–water partition coefficient (Wildman–Crippen LogP) is 4.26. The van der Waals surface area contributed by atoms with Gasteiger partial charge in [-0.3, -0.25) is 4.90 Å². The van der Waals surface area contributed by atoms with Gasteiger partial charge in [-0.15, -0.1) is 0 Å². The SMILES string of the molecule is CCC1(CC)CNC(Cc2ccccc2)CN1Cc1ccccc1. The highest BCUT2D eigenvalue weighted by Gasteiger charge is 2.38. The summed E-state index contributed by atoms with van der Waals surface area (Å²) in [6, 6.07) is 22.3. The monoisotopic (exact) mass is 322 g/mol. The van der Waals surface area contributed by atoms with Crippen molar-refractivity contribution in [2.75, 3.05) is 13.1 Å². The number of nitrogens with zero attached hydrogens (tertiary/aromatic N) is 1. The van der Waals surface area contributed by atoms with Crippen molar-refractivity contribution in [2.45, 2.75) is 51.2 Å². The van der Waals surface area contributed by atoms with Crippen LogP contribution < -0.4 is 5.32 Å². The molecule has 0 aromatic heterocycles. The Morgan fingerprint density at radius 1 is 0.917 bits per heavy atom. The van der Waals surface area contributed by atoms with Gasteiger partial charge in [-0.05, 0) is 30.4 Å². The van der Waals surface area contributed by atoms with Gasteiger partial charge in [0.25, 0.3) is 0 Å². The number of nitrogens with one attached hydrogen (secondary N) is 1. The minimum absolute atomic E-state index is 0.281. The van der Waals surface area contributed by atoms with E-state index in [1.165, 1.54) is 24.0 Å². The summed E-state index contributed by atoms with van der Waals surface area (Å²) >= 11 is 0. The second kappa shape index (κ2) is 7.96. The van der Waals surface area contributed by atoms with Crippen LogP contribution in [-0.4, -0.2) is 29.6 Å². The largest absolute Gasteiger partial charge is 0.311 e. The van der Waals surface area contributed by atoms with Crippen LogP contribution in [0.1, 0.15) is 37.8 Å². The zero-order chi connectivity index (χ0) is 16.8. The van der Waals surface area contributed by atoms with Gasteiger partial charge in [-0.25, -0.2) is 0 Å². The molecule has 0 radical (unpaired) electrons. The van der Waals surface area contributed by atoms with Crippen molar-refractivity contribution in [2.24, 2.45) is 0 Å². The molecular formula is C22H30N2. The zero-order valence-corrected chi connectivity index (χ0v) is 15.0. The summed E-state index contributed by atoms with van der Waals surface area (Å²) in [5.41, 5.74) is 3.13. The first-order valence-electron chi connectivity index (χ1n) is 9.32. The van der Waals surface area contributed by atoms with E-state index in [0.717, 1.165) is 26.1 Å². The second-order valence-electron chi connectivity index (χ2n) is 7.07. The molecule has 0 saturated carbocycles. The first-order valence-corrected chi connectivity index (χ1v) is 9.32. The standard InChI is InChI=1S/C22H30N2/c1-3-22(4-2)18-23-21(15-19-11-7-5-8-12-19)17-24(22)16-20-13-9-6-10-14-20/h5-14,21,23H,3-4,15-18H2,1-2H3. The molecule has 2 heteroatoms. The lowest BCUT2D eigenvalue weighted by atomic mass is 9.86. The fourth-order valence-electron chi connectivity index (χ4n) is 3.99. The van der Waals surface area contributed by atoms with Crippen LogP contribution in [0.5, 0.6) is 0 Å². The lowest BCUT2D eigenvalue weighted by Gasteiger charge is -2.50. The number of piperazine rings is 1. The van der Waals surface area contributed by atoms with Crippen LogP contribution in [0.4, 0.5) is 0 Å². The van der Waals surface area contributed by atoms with E-state index in [0.29, 0.717) is 6.04 Å². The van der Waals surface area contributed by atoms with Gasteiger partial charge in [-0.2, -0.15) is 0 Å². The minimum Gasteiger partial charge on any atom is -0.311 e. The molecule has 1 heterocycles. The summed E-state index contributed by atoms with van der Waals surface area (Å²) in [6.45, 7) is 7.92. The quantitative estimate of drug-likeness (QED) is 0.855. The van der Waals surface area contributed by atoms with Crippen molar-refractivity contribution in [1.29, 1.82) is 0 Å². The molecule has 24 heavy (non-hydrogen) atoms. The number of hydrogen-bond acceptors (Lipinski definition) is 2. The smallest absolute Gasteiger partial charge is 0.0333 e. The van der Waals surface area contributed by atoms with Crippen LogP contribution >= 0.6 is 0 Å². The number of benzene rings is 2. The Labute approximate surface area is 146 Å². The van der Waals surface area contributed by atoms with Gasteiger partial charge in [0.2, 0.25) is 0 Å². The first kappa shape index (κ1) is 17.2. The van der Waals surface area contributed by atoms with E-state index < -0.39 is 0 Å². The van der Waals surface area contributed by atoms with E-state index in [9.17, 15) is 0 Å². The lowest BCUT2D eigenvalue weighted by molar-refractivity contribution is 0.0245. The van der Waals surface area contributed by atoms with E-state index >= 15 is 0 Å². The van der Waals surface area contributed by atoms with Crippen LogP contribution in [0, 0.1) is 0 Å². The highest BCUT2D eigenvalue weighted by Crippen LogP contribution is 2.29. The Bertz CT molecular complexity index is 604. The molecule has 0 bridgehead atoms. The predicted molar refractivity (Wildman–Crippen MR) is 102 cm³/mol. The van der Waals surface area contributed by atoms with Crippen LogP contribution in [0.25, 0.3) is 0 Å². The molecular weight excluding hydrogens is 292 g/mol. The van der Waals surface area contributed by atoms with Gasteiger partial charge in [-0.1, -0.05) is 74.5 Å². The molecule has 2 aromatic rings.